The molecular formula is C15H15ClF3N3O2. The third kappa shape index (κ3) is 4.41. The van der Waals surface area contributed by atoms with E-state index >= 15 is 0 Å². The average molecular weight is 362 g/mol. The Kier molecular flexibility index (Phi) is 4.80. The molecule has 1 aromatic heterocycles. The first-order valence-corrected chi connectivity index (χ1v) is 7.26. The zero-order valence-electron chi connectivity index (χ0n) is 13.1. The van der Waals surface area contributed by atoms with Gasteiger partial charge >= 0.3 is 12.3 Å². The molecule has 130 valence electrons. The van der Waals surface area contributed by atoms with Gasteiger partial charge in [-0.15, -0.1) is 0 Å². The van der Waals surface area contributed by atoms with Gasteiger partial charge in [-0.25, -0.2) is 9.48 Å². The molecule has 0 aliphatic carbocycles. The molecule has 1 aromatic carbocycles. The molecule has 0 aliphatic rings. The second kappa shape index (κ2) is 6.35. The topological polar surface area (TPSA) is 56.1 Å². The number of amides is 1. The minimum absolute atomic E-state index is 0.118. The third-order valence-electron chi connectivity index (χ3n) is 2.73. The van der Waals surface area contributed by atoms with Crippen molar-refractivity contribution in [3.05, 3.63) is 41.2 Å². The summed E-state index contributed by atoms with van der Waals surface area (Å²) in [4.78, 5) is 11.7. The molecular weight excluding hydrogens is 347 g/mol. The molecule has 0 saturated heterocycles. The lowest BCUT2D eigenvalue weighted by Gasteiger charge is -2.20. The molecule has 0 unspecified atom stereocenters. The summed E-state index contributed by atoms with van der Waals surface area (Å²) in [6.07, 6.45) is -4.84. The summed E-state index contributed by atoms with van der Waals surface area (Å²) in [6, 6.07) is 5.79. The first kappa shape index (κ1) is 18.1. The van der Waals surface area contributed by atoms with Gasteiger partial charge in [0.1, 0.15) is 5.60 Å². The van der Waals surface area contributed by atoms with Crippen LogP contribution >= 0.6 is 11.6 Å². The Bertz CT molecular complexity index is 751. The van der Waals surface area contributed by atoms with Crippen LogP contribution in [0.5, 0.6) is 0 Å². The van der Waals surface area contributed by atoms with Crippen LogP contribution in [0.3, 0.4) is 0 Å². The van der Waals surface area contributed by atoms with Crippen LogP contribution in [0.15, 0.2) is 30.5 Å². The predicted octanol–water partition coefficient (Wildman–Crippen LogP) is 4.89. The van der Waals surface area contributed by atoms with Gasteiger partial charge in [-0.05, 0) is 39.0 Å². The van der Waals surface area contributed by atoms with Gasteiger partial charge in [0.05, 0.1) is 17.6 Å². The zero-order valence-corrected chi connectivity index (χ0v) is 13.9. The molecule has 0 fully saturated rings. The van der Waals surface area contributed by atoms with Crippen LogP contribution in [0.1, 0.15) is 26.5 Å². The van der Waals surface area contributed by atoms with Crippen molar-refractivity contribution in [3.63, 3.8) is 0 Å². The van der Waals surface area contributed by atoms with Gasteiger partial charge in [0.2, 0.25) is 0 Å². The molecule has 1 N–H and O–H groups in total. The number of anilines is 1. The van der Waals surface area contributed by atoms with Gasteiger partial charge in [-0.3, -0.25) is 5.32 Å². The Balaban J connectivity index is 2.42. The van der Waals surface area contributed by atoms with E-state index in [4.69, 9.17) is 16.3 Å². The smallest absolute Gasteiger partial charge is 0.435 e. The molecule has 1 heterocycles. The summed E-state index contributed by atoms with van der Waals surface area (Å²) in [5.74, 6) is 0. The quantitative estimate of drug-likeness (QED) is 0.828. The summed E-state index contributed by atoms with van der Waals surface area (Å²) < 4.78 is 45.9. The molecule has 2 aromatic rings. The largest absolute Gasteiger partial charge is 0.444 e. The number of aromatic nitrogens is 2. The highest BCUT2D eigenvalue weighted by atomic mass is 35.5. The van der Waals surface area contributed by atoms with Crippen LogP contribution in [-0.2, 0) is 10.9 Å². The number of hydrogen-bond donors (Lipinski definition) is 1. The Labute approximate surface area is 141 Å². The van der Waals surface area contributed by atoms with Crippen molar-refractivity contribution in [3.8, 4) is 5.69 Å². The van der Waals surface area contributed by atoms with E-state index in [1.54, 1.807) is 20.8 Å². The van der Waals surface area contributed by atoms with Crippen LogP contribution < -0.4 is 5.32 Å². The normalized spacial score (nSPS) is 12.1. The highest BCUT2D eigenvalue weighted by molar-refractivity contribution is 6.30. The second-order valence-corrected chi connectivity index (χ2v) is 6.36. The predicted molar refractivity (Wildman–Crippen MR) is 83.4 cm³/mol. The Morgan fingerprint density at radius 3 is 2.50 bits per heavy atom. The number of carbonyl (C=O) groups excluding carboxylic acids is 1. The third-order valence-corrected chi connectivity index (χ3v) is 2.96. The molecule has 0 atom stereocenters. The Hall–Kier alpha value is -2.22. The van der Waals surface area contributed by atoms with E-state index in [9.17, 15) is 18.0 Å². The van der Waals surface area contributed by atoms with E-state index in [1.165, 1.54) is 24.3 Å². The summed E-state index contributed by atoms with van der Waals surface area (Å²) in [6.45, 7) is 4.81. The molecule has 24 heavy (non-hydrogen) atoms. The SMILES string of the molecule is CC(C)(C)OC(=O)Nc1cnn(-c2cccc(Cl)c2)c1C(F)(F)F. The lowest BCUT2D eigenvalue weighted by Crippen LogP contribution is -2.28. The van der Waals surface area contributed by atoms with E-state index in [1.807, 2.05) is 0 Å². The Morgan fingerprint density at radius 2 is 1.96 bits per heavy atom. The Morgan fingerprint density at radius 1 is 1.29 bits per heavy atom. The van der Waals surface area contributed by atoms with Crippen LogP contribution in [0.2, 0.25) is 5.02 Å². The molecule has 0 aliphatic heterocycles. The van der Waals surface area contributed by atoms with Crippen LogP contribution in [0.4, 0.5) is 23.7 Å². The van der Waals surface area contributed by atoms with Crippen molar-refractivity contribution in [2.24, 2.45) is 0 Å². The minimum Gasteiger partial charge on any atom is -0.444 e. The highest BCUT2D eigenvalue weighted by Gasteiger charge is 2.39. The minimum atomic E-state index is -4.75. The highest BCUT2D eigenvalue weighted by Crippen LogP contribution is 2.36. The number of halogens is 4. The number of nitrogens with one attached hydrogen (secondary N) is 1. The summed E-state index contributed by atoms with van der Waals surface area (Å²) in [5, 5.41) is 6.05. The molecule has 9 heteroatoms. The zero-order chi connectivity index (χ0) is 18.1. The van der Waals surface area contributed by atoms with Gasteiger partial charge in [0, 0.05) is 5.02 Å². The second-order valence-electron chi connectivity index (χ2n) is 5.92. The summed E-state index contributed by atoms with van der Waals surface area (Å²) in [7, 11) is 0. The molecule has 0 radical (unpaired) electrons. The lowest BCUT2D eigenvalue weighted by atomic mass is 10.2. The number of alkyl halides is 3. The van der Waals surface area contributed by atoms with Crippen LogP contribution in [0.25, 0.3) is 5.69 Å². The molecule has 0 saturated carbocycles. The fraction of sp³-hybridized carbons (Fsp3) is 0.333. The molecule has 0 spiro atoms. The van der Waals surface area contributed by atoms with Gasteiger partial charge in [0.25, 0.3) is 0 Å². The maximum absolute atomic E-state index is 13.4. The van der Waals surface area contributed by atoms with E-state index in [-0.39, 0.29) is 10.7 Å². The van der Waals surface area contributed by atoms with Gasteiger partial charge in [0.15, 0.2) is 5.69 Å². The van der Waals surface area contributed by atoms with Crippen molar-refractivity contribution in [2.45, 2.75) is 32.5 Å². The first-order chi connectivity index (χ1) is 11.0. The number of rotatable bonds is 2. The van der Waals surface area contributed by atoms with E-state index < -0.39 is 29.3 Å². The molecule has 5 nitrogen and oxygen atoms in total. The van der Waals surface area contributed by atoms with E-state index in [0.29, 0.717) is 4.68 Å². The molecule has 0 bridgehead atoms. The maximum atomic E-state index is 13.4. The van der Waals surface area contributed by atoms with Crippen molar-refractivity contribution < 1.29 is 22.7 Å². The van der Waals surface area contributed by atoms with Crippen molar-refractivity contribution in [1.82, 2.24) is 9.78 Å². The number of nitrogens with zero attached hydrogens (tertiary/aromatic N) is 2. The average Bonchev–Trinajstić information content (AvgIpc) is 2.79. The van der Waals surface area contributed by atoms with E-state index in [2.05, 4.69) is 10.4 Å². The lowest BCUT2D eigenvalue weighted by molar-refractivity contribution is -0.142. The van der Waals surface area contributed by atoms with Crippen molar-refractivity contribution in [2.75, 3.05) is 5.32 Å². The van der Waals surface area contributed by atoms with Crippen molar-refractivity contribution in [1.29, 1.82) is 0 Å². The first-order valence-electron chi connectivity index (χ1n) is 6.88. The molecule has 1 amide bonds. The summed E-state index contributed by atoms with van der Waals surface area (Å²) in [5.41, 5.74) is -2.36. The summed E-state index contributed by atoms with van der Waals surface area (Å²) >= 11 is 5.81. The number of ether oxygens (including phenoxy) is 1. The fourth-order valence-electron chi connectivity index (χ4n) is 1.93. The van der Waals surface area contributed by atoms with E-state index in [0.717, 1.165) is 6.20 Å². The fourth-order valence-corrected chi connectivity index (χ4v) is 2.11. The standard InChI is InChI=1S/C15H15ClF3N3O2/c1-14(2,3)24-13(23)21-11-8-20-22(12(11)15(17,18)19)10-6-4-5-9(16)7-10/h4-8H,1-3H3,(H,21,23). The van der Waals surface area contributed by atoms with Crippen LogP contribution in [-0.4, -0.2) is 21.5 Å². The van der Waals surface area contributed by atoms with Gasteiger partial charge in [-0.2, -0.15) is 18.3 Å². The molecule has 2 rings (SSSR count). The van der Waals surface area contributed by atoms with Gasteiger partial charge in [-0.1, -0.05) is 17.7 Å². The maximum Gasteiger partial charge on any atom is 0.435 e. The number of carbonyl (C=O) groups is 1. The van der Waals surface area contributed by atoms with Crippen LogP contribution in [0, 0.1) is 0 Å². The van der Waals surface area contributed by atoms with Gasteiger partial charge < -0.3 is 4.74 Å². The number of hydrogen-bond acceptors (Lipinski definition) is 3. The monoisotopic (exact) mass is 361 g/mol. The number of benzene rings is 1. The van der Waals surface area contributed by atoms with Crippen molar-refractivity contribution >= 4 is 23.4 Å².